The number of aromatic nitrogens is 6. The Labute approximate surface area is 173 Å². The lowest BCUT2D eigenvalue weighted by Crippen LogP contribution is -2.24. The number of nitrogens with one attached hydrogen (secondary N) is 1. The van der Waals surface area contributed by atoms with Crippen molar-refractivity contribution in [2.24, 2.45) is 27.1 Å². The van der Waals surface area contributed by atoms with Crippen molar-refractivity contribution in [3.8, 4) is 5.88 Å². The fourth-order valence-electron chi connectivity index (χ4n) is 3.45. The van der Waals surface area contributed by atoms with Crippen LogP contribution in [-0.4, -0.2) is 35.9 Å². The van der Waals surface area contributed by atoms with Gasteiger partial charge in [0.2, 0.25) is 5.88 Å². The lowest BCUT2D eigenvalue weighted by molar-refractivity contribution is 0.278. The van der Waals surface area contributed by atoms with Gasteiger partial charge in [-0.15, -0.1) is 5.10 Å². The van der Waals surface area contributed by atoms with Gasteiger partial charge in [-0.2, -0.15) is 10.2 Å². The van der Waals surface area contributed by atoms with Crippen LogP contribution in [0.15, 0.2) is 23.1 Å². The van der Waals surface area contributed by atoms with E-state index in [9.17, 15) is 4.79 Å². The predicted molar refractivity (Wildman–Crippen MR) is 109 cm³/mol. The van der Waals surface area contributed by atoms with Crippen LogP contribution in [-0.2, 0) is 27.7 Å². The normalized spacial score (nSPS) is 18.1. The number of halogens is 1. The third-order valence-corrected chi connectivity index (χ3v) is 5.72. The fraction of sp³-hybridized carbons (Fsp3) is 0.474. The molecule has 10 heteroatoms. The Morgan fingerprint density at radius 1 is 1.24 bits per heavy atom. The summed E-state index contributed by atoms with van der Waals surface area (Å²) in [4.78, 5) is 12.4. The van der Waals surface area contributed by atoms with Crippen LogP contribution in [0.25, 0.3) is 0 Å². The quantitative estimate of drug-likeness (QED) is 0.632. The van der Waals surface area contributed by atoms with Gasteiger partial charge >= 0.3 is 0 Å². The number of ether oxygens (including phenoxy) is 1. The van der Waals surface area contributed by atoms with Gasteiger partial charge < -0.3 is 10.1 Å². The van der Waals surface area contributed by atoms with Crippen LogP contribution in [0.1, 0.15) is 29.3 Å². The zero-order valence-electron chi connectivity index (χ0n) is 16.9. The second kappa shape index (κ2) is 7.55. The zero-order chi connectivity index (χ0) is 20.7. The molecule has 1 saturated carbocycles. The number of aryl methyl sites for hydroxylation is 4. The molecule has 1 fully saturated rings. The summed E-state index contributed by atoms with van der Waals surface area (Å²) in [5, 5.41) is 16.6. The van der Waals surface area contributed by atoms with Gasteiger partial charge in [0.05, 0.1) is 18.0 Å². The predicted octanol–water partition coefficient (Wildman–Crippen LogP) is 2.00. The van der Waals surface area contributed by atoms with Gasteiger partial charge in [-0.05, 0) is 19.4 Å². The third-order valence-electron chi connectivity index (χ3n) is 5.25. The SMILES string of the molecule is Cc1nn(C)c(Cl)c1CNc1cc(OCC2C[C@H]2c2ccn(C)n2)nn(C)c1=O. The average Bonchev–Trinajstić information content (AvgIpc) is 3.26. The second-order valence-electron chi connectivity index (χ2n) is 7.48. The van der Waals surface area contributed by atoms with E-state index in [1.165, 1.54) is 4.68 Å². The van der Waals surface area contributed by atoms with Crippen LogP contribution in [0.2, 0.25) is 5.15 Å². The molecule has 0 aromatic carbocycles. The molecule has 3 aromatic heterocycles. The molecule has 1 unspecified atom stereocenters. The Balaban J connectivity index is 1.41. The van der Waals surface area contributed by atoms with Crippen molar-refractivity contribution >= 4 is 17.3 Å². The molecule has 3 aromatic rings. The molecule has 1 aliphatic rings. The Morgan fingerprint density at radius 2 is 2.03 bits per heavy atom. The summed E-state index contributed by atoms with van der Waals surface area (Å²) in [7, 11) is 5.31. The van der Waals surface area contributed by atoms with Crippen molar-refractivity contribution < 1.29 is 4.74 Å². The molecule has 1 N–H and O–H groups in total. The summed E-state index contributed by atoms with van der Waals surface area (Å²) in [5.74, 6) is 1.25. The molecule has 0 amide bonds. The topological polar surface area (TPSA) is 91.8 Å². The molecule has 0 spiro atoms. The van der Waals surface area contributed by atoms with Gasteiger partial charge in [0.25, 0.3) is 5.56 Å². The summed E-state index contributed by atoms with van der Waals surface area (Å²) in [6.45, 7) is 2.82. The van der Waals surface area contributed by atoms with Crippen molar-refractivity contribution in [2.75, 3.05) is 11.9 Å². The van der Waals surface area contributed by atoms with E-state index in [2.05, 4.69) is 20.6 Å². The Morgan fingerprint density at radius 3 is 2.69 bits per heavy atom. The van der Waals surface area contributed by atoms with Gasteiger partial charge in [0.15, 0.2) is 0 Å². The lowest BCUT2D eigenvalue weighted by atomic mass is 10.2. The van der Waals surface area contributed by atoms with Crippen LogP contribution in [0, 0.1) is 12.8 Å². The third kappa shape index (κ3) is 4.00. The Bertz CT molecular complexity index is 1100. The van der Waals surface area contributed by atoms with Crippen LogP contribution in [0.4, 0.5) is 5.69 Å². The highest BCUT2D eigenvalue weighted by Crippen LogP contribution is 2.46. The smallest absolute Gasteiger partial charge is 0.290 e. The number of rotatable bonds is 7. The first-order valence-electron chi connectivity index (χ1n) is 9.46. The summed E-state index contributed by atoms with van der Waals surface area (Å²) >= 11 is 6.27. The van der Waals surface area contributed by atoms with E-state index in [-0.39, 0.29) is 5.56 Å². The zero-order valence-corrected chi connectivity index (χ0v) is 17.6. The van der Waals surface area contributed by atoms with Crippen molar-refractivity contribution in [3.05, 3.63) is 50.8 Å². The largest absolute Gasteiger partial charge is 0.476 e. The van der Waals surface area contributed by atoms with Crippen molar-refractivity contribution in [3.63, 3.8) is 0 Å². The maximum absolute atomic E-state index is 12.4. The van der Waals surface area contributed by atoms with Gasteiger partial charge in [-0.1, -0.05) is 11.6 Å². The van der Waals surface area contributed by atoms with Gasteiger partial charge in [0, 0.05) is 57.4 Å². The van der Waals surface area contributed by atoms with E-state index in [0.717, 1.165) is 23.4 Å². The van der Waals surface area contributed by atoms with E-state index < -0.39 is 0 Å². The van der Waals surface area contributed by atoms with Gasteiger partial charge in [0.1, 0.15) is 10.8 Å². The highest BCUT2D eigenvalue weighted by molar-refractivity contribution is 6.30. The highest BCUT2D eigenvalue weighted by Gasteiger charge is 2.40. The molecule has 29 heavy (non-hydrogen) atoms. The molecule has 4 rings (SSSR count). The van der Waals surface area contributed by atoms with Gasteiger partial charge in [-0.3, -0.25) is 14.2 Å². The van der Waals surface area contributed by atoms with E-state index in [1.54, 1.807) is 24.8 Å². The van der Waals surface area contributed by atoms with Crippen LogP contribution >= 0.6 is 11.6 Å². The van der Waals surface area contributed by atoms with E-state index in [4.69, 9.17) is 16.3 Å². The summed E-state index contributed by atoms with van der Waals surface area (Å²) in [6, 6.07) is 3.68. The minimum Gasteiger partial charge on any atom is -0.476 e. The van der Waals surface area contributed by atoms with Crippen molar-refractivity contribution in [1.29, 1.82) is 0 Å². The summed E-state index contributed by atoms with van der Waals surface area (Å²) < 4.78 is 10.6. The molecule has 154 valence electrons. The molecule has 0 bridgehead atoms. The Kier molecular flexibility index (Phi) is 5.08. The minimum atomic E-state index is -0.229. The number of hydrogen-bond donors (Lipinski definition) is 1. The monoisotopic (exact) mass is 417 g/mol. The molecule has 0 saturated heterocycles. The first-order chi connectivity index (χ1) is 13.8. The maximum Gasteiger partial charge on any atom is 0.290 e. The fourth-order valence-corrected chi connectivity index (χ4v) is 3.70. The molecule has 0 aliphatic heterocycles. The number of nitrogens with zero attached hydrogens (tertiary/aromatic N) is 6. The molecule has 3 heterocycles. The van der Waals surface area contributed by atoms with Crippen molar-refractivity contribution in [1.82, 2.24) is 29.3 Å². The molecule has 1 aliphatic carbocycles. The molecular weight excluding hydrogens is 394 g/mol. The highest BCUT2D eigenvalue weighted by atomic mass is 35.5. The standard InChI is InChI=1S/C19H24ClN7O2/c1-11-14(18(20)26(3)22-11)9-21-16-8-17(24-27(4)19(16)28)29-10-12-7-13(12)15-5-6-25(2)23-15/h5-6,8,12-13,21H,7,9-10H2,1-4H3/t12?,13-/m1/s1. The van der Waals surface area contributed by atoms with Crippen molar-refractivity contribution in [2.45, 2.75) is 25.8 Å². The lowest BCUT2D eigenvalue weighted by Gasteiger charge is -2.10. The second-order valence-corrected chi connectivity index (χ2v) is 7.84. The minimum absolute atomic E-state index is 0.229. The average molecular weight is 418 g/mol. The molecular formula is C19H24ClN7O2. The van der Waals surface area contributed by atoms with E-state index in [1.807, 2.05) is 30.9 Å². The first kappa shape index (κ1) is 19.5. The summed E-state index contributed by atoms with van der Waals surface area (Å²) in [5.41, 5.74) is 2.95. The molecule has 2 atom stereocenters. The number of hydrogen-bond acceptors (Lipinski definition) is 6. The van der Waals surface area contributed by atoms with Gasteiger partial charge in [-0.25, -0.2) is 4.68 Å². The van der Waals surface area contributed by atoms with Crippen LogP contribution < -0.4 is 15.6 Å². The van der Waals surface area contributed by atoms with E-state index in [0.29, 0.717) is 41.7 Å². The number of anilines is 1. The van der Waals surface area contributed by atoms with Crippen LogP contribution in [0.3, 0.4) is 0 Å². The van der Waals surface area contributed by atoms with E-state index >= 15 is 0 Å². The summed E-state index contributed by atoms with van der Waals surface area (Å²) in [6.07, 6.45) is 3.00. The van der Waals surface area contributed by atoms with Crippen LogP contribution in [0.5, 0.6) is 5.88 Å². The molecule has 0 radical (unpaired) electrons. The maximum atomic E-state index is 12.4. The molecule has 9 nitrogen and oxygen atoms in total. The Hall–Kier alpha value is -2.81. The first-order valence-corrected chi connectivity index (χ1v) is 9.83.